The Labute approximate surface area is 199 Å². The first-order valence-electron chi connectivity index (χ1n) is 11.0. The molecule has 0 bridgehead atoms. The van der Waals surface area contributed by atoms with E-state index in [4.69, 9.17) is 10.5 Å². The van der Waals surface area contributed by atoms with Gasteiger partial charge in [-0.1, -0.05) is 23.5 Å². The van der Waals surface area contributed by atoms with Crippen LogP contribution in [0.25, 0.3) is 21.3 Å². The number of rotatable bonds is 5. The first-order valence-corrected chi connectivity index (χ1v) is 11.8. The van der Waals surface area contributed by atoms with Gasteiger partial charge in [0.15, 0.2) is 10.9 Å². The summed E-state index contributed by atoms with van der Waals surface area (Å²) in [5, 5.41) is 0.443. The summed E-state index contributed by atoms with van der Waals surface area (Å²) in [4.78, 5) is 10.9. The van der Waals surface area contributed by atoms with Gasteiger partial charge in [-0.15, -0.1) is 0 Å². The highest BCUT2D eigenvalue weighted by atomic mass is 32.1. The van der Waals surface area contributed by atoms with Crippen LogP contribution < -0.4 is 10.5 Å². The van der Waals surface area contributed by atoms with E-state index in [0.29, 0.717) is 40.4 Å². The van der Waals surface area contributed by atoms with Crippen molar-refractivity contribution in [1.29, 1.82) is 0 Å². The van der Waals surface area contributed by atoms with E-state index in [9.17, 15) is 13.2 Å². The number of ether oxygens (including phenoxy) is 1. The largest absolute Gasteiger partial charge is 0.437 e. The number of halogens is 3. The van der Waals surface area contributed by atoms with E-state index >= 15 is 0 Å². The minimum absolute atomic E-state index is 0.331. The lowest BCUT2D eigenvalue weighted by Crippen LogP contribution is -2.26. The molecule has 2 aromatic carbocycles. The number of pyridine rings is 1. The van der Waals surface area contributed by atoms with Crippen LogP contribution in [0.5, 0.6) is 11.6 Å². The maximum absolute atomic E-state index is 13.5. The van der Waals surface area contributed by atoms with Gasteiger partial charge in [0.25, 0.3) is 0 Å². The highest BCUT2D eigenvalue weighted by Crippen LogP contribution is 2.37. The minimum atomic E-state index is -4.40. The van der Waals surface area contributed by atoms with Crippen molar-refractivity contribution < 1.29 is 17.9 Å². The number of fused-ring (bicyclic) bond motifs is 1. The van der Waals surface area contributed by atoms with Gasteiger partial charge in [0.05, 0.1) is 10.3 Å². The highest BCUT2D eigenvalue weighted by molar-refractivity contribution is 7.22. The maximum atomic E-state index is 13.5. The summed E-state index contributed by atoms with van der Waals surface area (Å²) in [5.74, 6) is 0.852. The Balaban J connectivity index is 1.51. The van der Waals surface area contributed by atoms with Crippen LogP contribution >= 0.6 is 11.3 Å². The minimum Gasteiger partial charge on any atom is -0.437 e. The zero-order valence-corrected chi connectivity index (χ0v) is 19.3. The summed E-state index contributed by atoms with van der Waals surface area (Å²) in [6.07, 6.45) is -0.700. The second-order valence-corrected chi connectivity index (χ2v) is 9.53. The summed E-state index contributed by atoms with van der Waals surface area (Å²) < 4.78 is 47.3. The second-order valence-electron chi connectivity index (χ2n) is 8.47. The molecule has 9 heteroatoms. The van der Waals surface area contributed by atoms with Crippen LogP contribution in [0.1, 0.15) is 30.9 Å². The van der Waals surface area contributed by atoms with E-state index in [1.807, 2.05) is 12.1 Å². The van der Waals surface area contributed by atoms with Gasteiger partial charge in [0.1, 0.15) is 5.52 Å². The normalized spacial score (nSPS) is 16.9. The zero-order chi connectivity index (χ0) is 23.9. The van der Waals surface area contributed by atoms with E-state index in [1.54, 1.807) is 30.5 Å². The number of nitrogens with two attached hydrogens (primary N) is 1. The second kappa shape index (κ2) is 8.88. The van der Waals surface area contributed by atoms with Gasteiger partial charge in [0, 0.05) is 24.8 Å². The molecule has 0 amide bonds. The summed E-state index contributed by atoms with van der Waals surface area (Å²) in [6.45, 7) is 3.45. The molecule has 3 heterocycles. The fraction of sp³-hybridized carbons (Fsp3) is 0.280. The highest BCUT2D eigenvalue weighted by Gasteiger charge is 2.32. The molecule has 0 spiro atoms. The van der Waals surface area contributed by atoms with E-state index in [1.165, 1.54) is 17.4 Å². The maximum Gasteiger partial charge on any atom is 0.416 e. The molecule has 2 aromatic heterocycles. The quantitative estimate of drug-likeness (QED) is 0.340. The molecule has 34 heavy (non-hydrogen) atoms. The van der Waals surface area contributed by atoms with Gasteiger partial charge in [-0.2, -0.15) is 13.2 Å². The van der Waals surface area contributed by atoms with Crippen molar-refractivity contribution >= 4 is 26.7 Å². The van der Waals surface area contributed by atoms with E-state index in [0.717, 1.165) is 41.3 Å². The molecule has 0 saturated carbocycles. The van der Waals surface area contributed by atoms with Crippen molar-refractivity contribution in [3.8, 4) is 22.8 Å². The first-order chi connectivity index (χ1) is 16.3. The monoisotopic (exact) mass is 484 g/mol. The summed E-state index contributed by atoms with van der Waals surface area (Å²) in [6, 6.07) is 13.4. The molecule has 5 nitrogen and oxygen atoms in total. The molecule has 1 unspecified atom stereocenters. The molecule has 1 fully saturated rings. The predicted octanol–water partition coefficient (Wildman–Crippen LogP) is 6.74. The number of anilines is 1. The predicted molar refractivity (Wildman–Crippen MR) is 128 cm³/mol. The SMILES string of the molecule is CC1CCCN1Cc1cc(C(F)(F)F)ccc1-c1ccnc(Oc2cccc3sc(N)nc23)c1. The number of alkyl halides is 3. The smallest absolute Gasteiger partial charge is 0.416 e. The zero-order valence-electron chi connectivity index (χ0n) is 18.5. The van der Waals surface area contributed by atoms with E-state index < -0.39 is 11.7 Å². The van der Waals surface area contributed by atoms with Crippen LogP contribution in [-0.4, -0.2) is 27.5 Å². The number of para-hydroxylation sites is 1. The van der Waals surface area contributed by atoms with Crippen LogP contribution in [0.2, 0.25) is 0 Å². The van der Waals surface area contributed by atoms with Crippen molar-refractivity contribution in [1.82, 2.24) is 14.9 Å². The molecule has 4 aromatic rings. The van der Waals surface area contributed by atoms with Gasteiger partial charge >= 0.3 is 6.18 Å². The van der Waals surface area contributed by atoms with Crippen LogP contribution in [-0.2, 0) is 12.7 Å². The number of nitrogens with zero attached hydrogens (tertiary/aromatic N) is 3. The van der Waals surface area contributed by atoms with Crippen LogP contribution in [0, 0.1) is 0 Å². The Morgan fingerprint density at radius 1 is 1.18 bits per heavy atom. The molecular weight excluding hydrogens is 461 g/mol. The fourth-order valence-corrected chi connectivity index (χ4v) is 5.15. The van der Waals surface area contributed by atoms with Crippen molar-refractivity contribution in [2.24, 2.45) is 0 Å². The summed E-state index contributed by atoms with van der Waals surface area (Å²) in [5.41, 5.74) is 7.96. The number of aromatic nitrogens is 2. The van der Waals surface area contributed by atoms with Crippen LogP contribution in [0.15, 0.2) is 54.7 Å². The van der Waals surface area contributed by atoms with Crippen molar-refractivity contribution in [2.75, 3.05) is 12.3 Å². The van der Waals surface area contributed by atoms with Gasteiger partial charge < -0.3 is 10.5 Å². The van der Waals surface area contributed by atoms with Crippen LogP contribution in [0.3, 0.4) is 0 Å². The number of thiazole rings is 1. The lowest BCUT2D eigenvalue weighted by atomic mass is 9.97. The van der Waals surface area contributed by atoms with Gasteiger partial charge in [-0.25, -0.2) is 9.97 Å². The van der Waals surface area contributed by atoms with E-state index in [-0.39, 0.29) is 0 Å². The molecule has 0 aliphatic carbocycles. The van der Waals surface area contributed by atoms with Crippen molar-refractivity contribution in [2.45, 2.75) is 38.5 Å². The number of likely N-dealkylation sites (tertiary alicyclic amines) is 1. The standard InChI is InChI=1S/C25H23F3N4OS/c1-15-4-3-11-32(15)14-17-12-18(25(26,27)28)7-8-19(17)16-9-10-30-22(13-16)33-20-5-2-6-21-23(20)31-24(29)34-21/h2,5-10,12-13,15H,3-4,11,14H2,1H3,(H2,29,31). The molecule has 1 aliphatic heterocycles. The van der Waals surface area contributed by atoms with E-state index in [2.05, 4.69) is 21.8 Å². The number of hydrogen-bond acceptors (Lipinski definition) is 6. The molecule has 176 valence electrons. The summed E-state index contributed by atoms with van der Waals surface area (Å²) >= 11 is 1.37. The Morgan fingerprint density at radius 2 is 2.03 bits per heavy atom. The molecule has 2 N–H and O–H groups in total. The molecule has 5 rings (SSSR count). The van der Waals surface area contributed by atoms with Crippen molar-refractivity contribution in [3.05, 3.63) is 65.9 Å². The Hall–Kier alpha value is -3.17. The lowest BCUT2D eigenvalue weighted by molar-refractivity contribution is -0.137. The molecule has 1 atom stereocenters. The lowest BCUT2D eigenvalue weighted by Gasteiger charge is -2.23. The Bertz CT molecular complexity index is 1340. The number of hydrogen-bond donors (Lipinski definition) is 1. The Kier molecular flexibility index (Phi) is 5.91. The molecule has 1 saturated heterocycles. The topological polar surface area (TPSA) is 64.3 Å². The first kappa shape index (κ1) is 22.6. The summed E-state index contributed by atoms with van der Waals surface area (Å²) in [7, 11) is 0. The third-order valence-electron chi connectivity index (χ3n) is 6.16. The third-order valence-corrected chi connectivity index (χ3v) is 7.01. The van der Waals surface area contributed by atoms with Crippen molar-refractivity contribution in [3.63, 3.8) is 0 Å². The van der Waals surface area contributed by atoms with Gasteiger partial charge in [-0.05, 0) is 73.3 Å². The molecular formula is C25H23F3N4OS. The van der Waals surface area contributed by atoms with Gasteiger partial charge in [-0.3, -0.25) is 4.90 Å². The van der Waals surface area contributed by atoms with Crippen LogP contribution in [0.4, 0.5) is 18.3 Å². The molecule has 1 aliphatic rings. The van der Waals surface area contributed by atoms with Gasteiger partial charge in [0.2, 0.25) is 5.88 Å². The third kappa shape index (κ3) is 4.58. The average Bonchev–Trinajstić information content (AvgIpc) is 3.38. The molecule has 0 radical (unpaired) electrons. The Morgan fingerprint density at radius 3 is 2.79 bits per heavy atom. The number of nitrogen functional groups attached to an aromatic ring is 1. The average molecular weight is 485 g/mol. The number of benzene rings is 2. The fourth-order valence-electron chi connectivity index (χ4n) is 4.40.